The zero-order chi connectivity index (χ0) is 21.3. The quantitative estimate of drug-likeness (QED) is 0.433. The number of halogens is 2. The van der Waals surface area contributed by atoms with Crippen LogP contribution in [0.1, 0.15) is 17.1 Å². The molecular weight excluding hydrogens is 427 g/mol. The number of hydrogen-bond acceptors (Lipinski definition) is 4. The Morgan fingerprint density at radius 3 is 2.73 bits per heavy atom. The molecule has 5 nitrogen and oxygen atoms in total. The summed E-state index contributed by atoms with van der Waals surface area (Å²) in [5.41, 5.74) is 1.59. The van der Waals surface area contributed by atoms with Crippen LogP contribution in [0.2, 0.25) is 5.02 Å². The van der Waals surface area contributed by atoms with Gasteiger partial charge < -0.3 is 14.5 Å². The van der Waals surface area contributed by atoms with E-state index in [-0.39, 0.29) is 23.3 Å². The third kappa shape index (κ3) is 4.08. The molecule has 0 bridgehead atoms. The molecule has 0 radical (unpaired) electrons. The Bertz CT molecular complexity index is 1160. The topological polar surface area (TPSA) is 54.7 Å². The number of amides is 1. The number of hydrogen-bond donors (Lipinski definition) is 1. The maximum absolute atomic E-state index is 13.2. The van der Waals surface area contributed by atoms with Crippen molar-refractivity contribution >= 4 is 46.6 Å². The Kier molecular flexibility index (Phi) is 5.57. The predicted octanol–water partition coefficient (Wildman–Crippen LogP) is 5.22. The van der Waals surface area contributed by atoms with Gasteiger partial charge in [-0.3, -0.25) is 9.69 Å². The molecule has 1 aliphatic heterocycles. The molecule has 2 aromatic carbocycles. The molecule has 1 fully saturated rings. The van der Waals surface area contributed by atoms with Crippen LogP contribution in [0, 0.1) is 12.7 Å². The molecule has 1 saturated heterocycles. The van der Waals surface area contributed by atoms with Crippen molar-refractivity contribution in [2.45, 2.75) is 13.5 Å². The molecule has 30 heavy (non-hydrogen) atoms. The minimum absolute atomic E-state index is 0.212. The number of ether oxygens (including phenoxy) is 1. The predicted molar refractivity (Wildman–Crippen MR) is 117 cm³/mol. The molecule has 1 aromatic heterocycles. The maximum Gasteiger partial charge on any atom is 0.281 e. The summed E-state index contributed by atoms with van der Waals surface area (Å²) in [4.78, 5) is 14.0. The van der Waals surface area contributed by atoms with Crippen molar-refractivity contribution in [1.29, 1.82) is 0 Å². The van der Waals surface area contributed by atoms with Gasteiger partial charge in [0.15, 0.2) is 5.11 Å². The van der Waals surface area contributed by atoms with E-state index < -0.39 is 5.82 Å². The van der Waals surface area contributed by atoms with Crippen LogP contribution in [0.5, 0.6) is 5.75 Å². The smallest absolute Gasteiger partial charge is 0.281 e. The second-order valence-electron chi connectivity index (χ2n) is 6.56. The van der Waals surface area contributed by atoms with Gasteiger partial charge in [0.2, 0.25) is 0 Å². The summed E-state index contributed by atoms with van der Waals surface area (Å²) in [6.45, 7) is 2.09. The van der Waals surface area contributed by atoms with Crippen LogP contribution in [0.25, 0.3) is 6.08 Å². The van der Waals surface area contributed by atoms with Crippen LogP contribution in [0.4, 0.5) is 10.1 Å². The van der Waals surface area contributed by atoms with Crippen LogP contribution in [-0.2, 0) is 11.4 Å². The van der Waals surface area contributed by atoms with Gasteiger partial charge in [-0.25, -0.2) is 4.39 Å². The summed E-state index contributed by atoms with van der Waals surface area (Å²) in [5, 5.41) is 3.71. The van der Waals surface area contributed by atoms with Crippen molar-refractivity contribution in [1.82, 2.24) is 5.32 Å². The molecule has 0 atom stereocenters. The van der Waals surface area contributed by atoms with Crippen molar-refractivity contribution in [3.63, 3.8) is 0 Å². The van der Waals surface area contributed by atoms with Gasteiger partial charge in [0, 0.05) is 16.7 Å². The van der Waals surface area contributed by atoms with Gasteiger partial charge in [-0.05, 0) is 67.7 Å². The number of furan rings is 1. The first kappa shape index (κ1) is 20.1. The average molecular weight is 443 g/mol. The first-order valence-corrected chi connectivity index (χ1v) is 9.80. The van der Waals surface area contributed by atoms with Gasteiger partial charge >= 0.3 is 0 Å². The molecule has 3 aromatic rings. The number of anilines is 1. The van der Waals surface area contributed by atoms with Gasteiger partial charge in [0.25, 0.3) is 5.91 Å². The summed E-state index contributed by atoms with van der Waals surface area (Å²) in [6, 6.07) is 14.5. The molecule has 2 heterocycles. The van der Waals surface area contributed by atoms with Crippen molar-refractivity contribution in [2.24, 2.45) is 0 Å². The average Bonchev–Trinajstić information content (AvgIpc) is 3.28. The first-order valence-electron chi connectivity index (χ1n) is 9.02. The molecule has 1 aliphatic rings. The van der Waals surface area contributed by atoms with Crippen LogP contribution in [0.15, 0.2) is 64.7 Å². The highest BCUT2D eigenvalue weighted by molar-refractivity contribution is 7.80. The number of nitrogens with zero attached hydrogens (tertiary/aromatic N) is 1. The molecule has 8 heteroatoms. The Hall–Kier alpha value is -3.16. The monoisotopic (exact) mass is 442 g/mol. The maximum atomic E-state index is 13.2. The van der Waals surface area contributed by atoms with E-state index >= 15 is 0 Å². The lowest BCUT2D eigenvalue weighted by Crippen LogP contribution is -2.30. The van der Waals surface area contributed by atoms with E-state index in [1.54, 1.807) is 24.3 Å². The highest BCUT2D eigenvalue weighted by Gasteiger charge is 2.32. The summed E-state index contributed by atoms with van der Waals surface area (Å²) < 4.78 is 24.7. The normalized spacial score (nSPS) is 15.0. The summed E-state index contributed by atoms with van der Waals surface area (Å²) >= 11 is 11.3. The molecule has 152 valence electrons. The minimum atomic E-state index is -0.390. The number of carbonyl (C=O) groups excluding carboxylic acids is 1. The van der Waals surface area contributed by atoms with Gasteiger partial charge in [0.05, 0.1) is 5.69 Å². The summed E-state index contributed by atoms with van der Waals surface area (Å²) in [5.74, 6) is 0.987. The van der Waals surface area contributed by atoms with Gasteiger partial charge in [-0.2, -0.15) is 0 Å². The van der Waals surface area contributed by atoms with Crippen molar-refractivity contribution < 1.29 is 18.3 Å². The minimum Gasteiger partial charge on any atom is -0.485 e. The molecular formula is C22H16ClFN2O3S. The number of carbonyl (C=O) groups is 1. The third-order valence-electron chi connectivity index (χ3n) is 4.52. The zero-order valence-electron chi connectivity index (χ0n) is 15.8. The lowest BCUT2D eigenvalue weighted by atomic mass is 10.2. The fourth-order valence-electron chi connectivity index (χ4n) is 2.94. The number of nitrogens with one attached hydrogen (secondary N) is 1. The molecule has 0 aliphatic carbocycles. The highest BCUT2D eigenvalue weighted by Crippen LogP contribution is 2.27. The van der Waals surface area contributed by atoms with E-state index in [1.165, 1.54) is 29.2 Å². The standard InChI is InChI=1S/C22H16ClFN2O3S/c1-13-18(23)3-2-4-20(13)28-12-17-10-9-16(29-17)11-19-21(27)26(22(30)25-19)15-7-5-14(24)6-8-15/h2-11H,12H2,1H3,(H,25,30). The fourth-order valence-corrected chi connectivity index (χ4v) is 3.41. The molecule has 0 unspecified atom stereocenters. The van der Waals surface area contributed by atoms with Crippen molar-refractivity contribution in [3.05, 3.63) is 88.2 Å². The van der Waals surface area contributed by atoms with E-state index in [2.05, 4.69) is 5.32 Å². The SMILES string of the molecule is Cc1c(Cl)cccc1OCc1ccc(C=C2NC(=S)N(c3ccc(F)cc3)C2=O)o1. The van der Waals surface area contributed by atoms with Crippen molar-refractivity contribution in [2.75, 3.05) is 4.90 Å². The molecule has 4 rings (SSSR count). The lowest BCUT2D eigenvalue weighted by molar-refractivity contribution is -0.113. The van der Waals surface area contributed by atoms with Gasteiger partial charge in [-0.15, -0.1) is 0 Å². The Morgan fingerprint density at radius 2 is 1.97 bits per heavy atom. The number of benzene rings is 2. The van der Waals surface area contributed by atoms with E-state index in [9.17, 15) is 9.18 Å². The van der Waals surface area contributed by atoms with Crippen LogP contribution in [0.3, 0.4) is 0 Å². The summed E-state index contributed by atoms with van der Waals surface area (Å²) in [7, 11) is 0. The van der Waals surface area contributed by atoms with E-state index in [1.807, 2.05) is 19.1 Å². The van der Waals surface area contributed by atoms with E-state index in [0.29, 0.717) is 28.0 Å². The third-order valence-corrected chi connectivity index (χ3v) is 5.21. The van der Waals surface area contributed by atoms with E-state index in [4.69, 9.17) is 33.0 Å². The largest absolute Gasteiger partial charge is 0.485 e. The first-order chi connectivity index (χ1) is 14.4. The Labute approximate surface area is 182 Å². The van der Waals surface area contributed by atoms with Crippen molar-refractivity contribution in [3.8, 4) is 5.75 Å². The Morgan fingerprint density at radius 1 is 1.20 bits per heavy atom. The molecule has 0 saturated carbocycles. The van der Waals surface area contributed by atoms with E-state index in [0.717, 1.165) is 5.56 Å². The van der Waals surface area contributed by atoms with Gasteiger partial charge in [0.1, 0.15) is 35.4 Å². The highest BCUT2D eigenvalue weighted by atomic mass is 35.5. The van der Waals surface area contributed by atoms with Gasteiger partial charge in [-0.1, -0.05) is 17.7 Å². The second kappa shape index (κ2) is 8.30. The second-order valence-corrected chi connectivity index (χ2v) is 7.35. The fraction of sp³-hybridized carbons (Fsp3) is 0.0909. The van der Waals surface area contributed by atoms with Crippen LogP contribution >= 0.6 is 23.8 Å². The molecule has 1 N–H and O–H groups in total. The number of thiocarbonyl (C=S) groups is 1. The molecule has 1 amide bonds. The van der Waals surface area contributed by atoms with Crippen LogP contribution < -0.4 is 15.0 Å². The lowest BCUT2D eigenvalue weighted by Gasteiger charge is -2.13. The zero-order valence-corrected chi connectivity index (χ0v) is 17.4. The number of rotatable bonds is 5. The molecule has 0 spiro atoms. The van der Waals surface area contributed by atoms with Crippen LogP contribution in [-0.4, -0.2) is 11.0 Å². The summed E-state index contributed by atoms with van der Waals surface area (Å²) in [6.07, 6.45) is 1.56. The Balaban J connectivity index is 1.47.